The van der Waals surface area contributed by atoms with E-state index < -0.39 is 0 Å². The zero-order valence-corrected chi connectivity index (χ0v) is 14.5. The van der Waals surface area contributed by atoms with Crippen molar-refractivity contribution in [2.75, 3.05) is 11.1 Å². The monoisotopic (exact) mass is 359 g/mol. The fourth-order valence-corrected chi connectivity index (χ4v) is 2.95. The van der Waals surface area contributed by atoms with Crippen LogP contribution in [-0.4, -0.2) is 25.4 Å². The van der Waals surface area contributed by atoms with Gasteiger partial charge in [-0.1, -0.05) is 18.2 Å². The number of anilines is 2. The quantitative estimate of drug-likeness (QED) is 0.520. The maximum Gasteiger partial charge on any atom is 0.222 e. The van der Waals surface area contributed by atoms with Crippen LogP contribution < -0.4 is 11.1 Å². The van der Waals surface area contributed by atoms with Gasteiger partial charge in [-0.05, 0) is 24.3 Å². The standard InChI is InChI=1S/C20H17N5O2/c1-12(26)23-18-11-25-10-13(6-7-19(25)24-18)14-8-16(20(21)22-9-14)15-4-2-3-5-17(15)27/h2-11,27H,1H3,(H2,21,22)(H,23,26). The molecular weight excluding hydrogens is 342 g/mol. The number of amides is 1. The molecule has 134 valence electrons. The SMILES string of the molecule is CC(=O)Nc1cn2cc(-c3cnc(N)c(-c4ccccc4O)c3)ccc2n1. The van der Waals surface area contributed by atoms with Crippen LogP contribution in [0.15, 0.2) is 61.1 Å². The number of phenolic OH excluding ortho intramolecular Hbond substituents is 1. The first-order valence-electron chi connectivity index (χ1n) is 8.32. The van der Waals surface area contributed by atoms with E-state index in [9.17, 15) is 9.90 Å². The van der Waals surface area contributed by atoms with Gasteiger partial charge in [-0.25, -0.2) is 9.97 Å². The Morgan fingerprint density at radius 2 is 1.93 bits per heavy atom. The van der Waals surface area contributed by atoms with Gasteiger partial charge in [0.05, 0.1) is 6.20 Å². The van der Waals surface area contributed by atoms with Crippen molar-refractivity contribution in [3.8, 4) is 28.0 Å². The van der Waals surface area contributed by atoms with E-state index in [1.807, 2.05) is 34.9 Å². The normalized spacial score (nSPS) is 10.9. The van der Waals surface area contributed by atoms with Crippen LogP contribution in [0.2, 0.25) is 0 Å². The average molecular weight is 359 g/mol. The highest BCUT2D eigenvalue weighted by atomic mass is 16.3. The highest BCUT2D eigenvalue weighted by Crippen LogP contribution is 2.34. The maximum absolute atomic E-state index is 11.2. The summed E-state index contributed by atoms with van der Waals surface area (Å²) in [5.74, 6) is 0.809. The number of pyridine rings is 2. The lowest BCUT2D eigenvalue weighted by Crippen LogP contribution is -2.05. The Morgan fingerprint density at radius 1 is 1.11 bits per heavy atom. The molecule has 0 fully saturated rings. The van der Waals surface area contributed by atoms with Gasteiger partial charge in [0.1, 0.15) is 17.2 Å². The van der Waals surface area contributed by atoms with Crippen molar-refractivity contribution in [1.29, 1.82) is 0 Å². The van der Waals surface area contributed by atoms with E-state index >= 15 is 0 Å². The van der Waals surface area contributed by atoms with E-state index in [2.05, 4.69) is 15.3 Å². The summed E-state index contributed by atoms with van der Waals surface area (Å²) in [7, 11) is 0. The highest BCUT2D eigenvalue weighted by molar-refractivity contribution is 5.88. The summed E-state index contributed by atoms with van der Waals surface area (Å²) in [5, 5.41) is 12.8. The van der Waals surface area contributed by atoms with Crippen molar-refractivity contribution in [2.45, 2.75) is 6.92 Å². The van der Waals surface area contributed by atoms with Crippen molar-refractivity contribution < 1.29 is 9.90 Å². The van der Waals surface area contributed by atoms with Crippen molar-refractivity contribution in [1.82, 2.24) is 14.4 Å². The van der Waals surface area contributed by atoms with Gasteiger partial charge >= 0.3 is 0 Å². The molecule has 0 radical (unpaired) electrons. The summed E-state index contributed by atoms with van der Waals surface area (Å²) in [4.78, 5) is 19.8. The Morgan fingerprint density at radius 3 is 2.70 bits per heavy atom. The lowest BCUT2D eigenvalue weighted by Gasteiger charge is -2.10. The van der Waals surface area contributed by atoms with Crippen molar-refractivity contribution in [3.05, 3.63) is 61.1 Å². The number of nitrogen functional groups attached to an aromatic ring is 1. The number of hydrogen-bond donors (Lipinski definition) is 3. The predicted molar refractivity (Wildman–Crippen MR) is 104 cm³/mol. The van der Waals surface area contributed by atoms with Crippen molar-refractivity contribution in [2.24, 2.45) is 0 Å². The number of imidazole rings is 1. The number of phenols is 1. The smallest absolute Gasteiger partial charge is 0.222 e. The van der Waals surface area contributed by atoms with Gasteiger partial charge in [0.25, 0.3) is 0 Å². The van der Waals surface area contributed by atoms with Gasteiger partial charge in [-0.15, -0.1) is 0 Å². The summed E-state index contributed by atoms with van der Waals surface area (Å²) in [6.45, 7) is 1.44. The summed E-state index contributed by atoms with van der Waals surface area (Å²) in [6, 6.07) is 12.7. The van der Waals surface area contributed by atoms with Gasteiger partial charge in [0, 0.05) is 41.6 Å². The minimum atomic E-state index is -0.173. The summed E-state index contributed by atoms with van der Waals surface area (Å²) < 4.78 is 1.83. The van der Waals surface area contributed by atoms with Crippen LogP contribution in [0.5, 0.6) is 5.75 Å². The molecule has 4 aromatic rings. The Bertz CT molecular complexity index is 1170. The van der Waals surface area contributed by atoms with E-state index in [0.29, 0.717) is 28.4 Å². The second kappa shape index (κ2) is 6.45. The number of aromatic nitrogens is 3. The molecule has 1 amide bonds. The first kappa shape index (κ1) is 16.6. The fraction of sp³-hybridized carbons (Fsp3) is 0.0500. The number of nitrogens with zero attached hydrogens (tertiary/aromatic N) is 3. The van der Waals surface area contributed by atoms with E-state index in [1.54, 1.807) is 30.6 Å². The molecule has 4 rings (SSSR count). The number of aromatic hydroxyl groups is 1. The molecule has 0 spiro atoms. The van der Waals surface area contributed by atoms with E-state index in [0.717, 1.165) is 11.1 Å². The number of fused-ring (bicyclic) bond motifs is 1. The second-order valence-electron chi connectivity index (χ2n) is 6.16. The Balaban J connectivity index is 1.78. The molecule has 0 unspecified atom stereocenters. The summed E-state index contributed by atoms with van der Waals surface area (Å²) in [6.07, 6.45) is 5.33. The van der Waals surface area contributed by atoms with E-state index in [1.165, 1.54) is 6.92 Å². The number of para-hydroxylation sites is 1. The number of benzene rings is 1. The molecule has 0 bridgehead atoms. The Kier molecular flexibility index (Phi) is 3.97. The molecule has 0 aliphatic heterocycles. The van der Waals surface area contributed by atoms with Crippen LogP contribution in [-0.2, 0) is 4.79 Å². The molecule has 3 aromatic heterocycles. The van der Waals surface area contributed by atoms with Gasteiger partial charge < -0.3 is 20.6 Å². The Hall–Kier alpha value is -3.87. The van der Waals surface area contributed by atoms with Crippen LogP contribution in [0, 0.1) is 0 Å². The van der Waals surface area contributed by atoms with E-state index in [4.69, 9.17) is 5.73 Å². The average Bonchev–Trinajstić information content (AvgIpc) is 3.03. The molecule has 4 N–H and O–H groups in total. The number of rotatable bonds is 3. The first-order chi connectivity index (χ1) is 13.0. The van der Waals surface area contributed by atoms with Crippen LogP contribution >= 0.6 is 0 Å². The number of carbonyl (C=O) groups is 1. The summed E-state index contributed by atoms with van der Waals surface area (Å²) >= 11 is 0. The lowest BCUT2D eigenvalue weighted by atomic mass is 10.0. The molecule has 1 aromatic carbocycles. The molecule has 7 nitrogen and oxygen atoms in total. The molecule has 7 heteroatoms. The van der Waals surface area contributed by atoms with Crippen LogP contribution in [0.4, 0.5) is 11.6 Å². The molecule has 0 saturated heterocycles. The third-order valence-corrected chi connectivity index (χ3v) is 4.20. The lowest BCUT2D eigenvalue weighted by molar-refractivity contribution is -0.114. The zero-order valence-electron chi connectivity index (χ0n) is 14.5. The van der Waals surface area contributed by atoms with Crippen LogP contribution in [0.1, 0.15) is 6.92 Å². The van der Waals surface area contributed by atoms with E-state index in [-0.39, 0.29) is 11.7 Å². The van der Waals surface area contributed by atoms with Gasteiger partial charge in [-0.2, -0.15) is 0 Å². The number of nitrogens with one attached hydrogen (secondary N) is 1. The molecule has 0 aliphatic rings. The molecule has 0 aliphatic carbocycles. The van der Waals surface area contributed by atoms with Gasteiger partial charge in [0.2, 0.25) is 5.91 Å². The molecule has 0 saturated carbocycles. The highest BCUT2D eigenvalue weighted by Gasteiger charge is 2.11. The third kappa shape index (κ3) is 3.18. The summed E-state index contributed by atoms with van der Waals surface area (Å²) in [5.41, 5.74) is 9.78. The minimum absolute atomic E-state index is 0.146. The zero-order chi connectivity index (χ0) is 19.0. The van der Waals surface area contributed by atoms with Crippen molar-refractivity contribution >= 4 is 23.2 Å². The van der Waals surface area contributed by atoms with Crippen LogP contribution in [0.25, 0.3) is 27.9 Å². The topological polar surface area (TPSA) is 106 Å². The predicted octanol–water partition coefficient (Wildman–Crippen LogP) is 3.31. The molecule has 3 heterocycles. The minimum Gasteiger partial charge on any atom is -0.507 e. The number of nitrogens with two attached hydrogens (primary N) is 1. The third-order valence-electron chi connectivity index (χ3n) is 4.20. The van der Waals surface area contributed by atoms with Crippen LogP contribution in [0.3, 0.4) is 0 Å². The molecule has 0 atom stereocenters. The number of carbonyl (C=O) groups excluding carboxylic acids is 1. The van der Waals surface area contributed by atoms with Crippen molar-refractivity contribution in [3.63, 3.8) is 0 Å². The maximum atomic E-state index is 11.2. The van der Waals surface area contributed by atoms with Gasteiger partial charge in [-0.3, -0.25) is 4.79 Å². The number of hydrogen-bond acceptors (Lipinski definition) is 5. The first-order valence-corrected chi connectivity index (χ1v) is 8.32. The molecule has 27 heavy (non-hydrogen) atoms. The largest absolute Gasteiger partial charge is 0.507 e. The van der Waals surface area contributed by atoms with Gasteiger partial charge in [0.15, 0.2) is 5.82 Å². The Labute approximate surface area is 155 Å². The molecular formula is C20H17N5O2. The fourth-order valence-electron chi connectivity index (χ4n) is 2.95. The second-order valence-corrected chi connectivity index (χ2v) is 6.16.